The van der Waals surface area contributed by atoms with Crippen LogP contribution in [0.25, 0.3) is 0 Å². The molecule has 1 aliphatic carbocycles. The molecule has 0 radical (unpaired) electrons. The molecule has 1 aromatic heterocycles. The standard InChI is InChI=1S/C21H34N4O2/c1-20(2,3)27-19(26)25-12-8-21(15-25)13-17(14-21)24-10-6-16(7-11-24)18-5-9-22-23(18)4/h5,9,16-17H,6-8,10-15H2,1-4H3/t17-,21+. The zero-order valence-electron chi connectivity index (χ0n) is 17.3. The summed E-state index contributed by atoms with van der Waals surface area (Å²) in [5.74, 6) is 0.650. The lowest BCUT2D eigenvalue weighted by atomic mass is 9.64. The van der Waals surface area contributed by atoms with Gasteiger partial charge in [-0.25, -0.2) is 4.79 Å². The van der Waals surface area contributed by atoms with Crippen molar-refractivity contribution in [3.05, 3.63) is 18.0 Å². The third kappa shape index (κ3) is 3.86. The third-order valence-electron chi connectivity index (χ3n) is 6.75. The van der Waals surface area contributed by atoms with Crippen molar-refractivity contribution in [1.82, 2.24) is 19.6 Å². The van der Waals surface area contributed by atoms with Gasteiger partial charge in [0.15, 0.2) is 0 Å². The molecular weight excluding hydrogens is 340 g/mol. The summed E-state index contributed by atoms with van der Waals surface area (Å²) in [6, 6.07) is 2.87. The zero-order valence-corrected chi connectivity index (χ0v) is 17.3. The van der Waals surface area contributed by atoms with E-state index in [0.29, 0.717) is 17.4 Å². The van der Waals surface area contributed by atoms with Gasteiger partial charge in [0, 0.05) is 44.0 Å². The van der Waals surface area contributed by atoms with E-state index >= 15 is 0 Å². The Morgan fingerprint density at radius 2 is 1.93 bits per heavy atom. The van der Waals surface area contributed by atoms with Crippen LogP contribution in [-0.4, -0.2) is 63.5 Å². The van der Waals surface area contributed by atoms with Crippen molar-refractivity contribution in [1.29, 1.82) is 0 Å². The van der Waals surface area contributed by atoms with E-state index in [1.807, 2.05) is 43.6 Å². The number of carbonyl (C=O) groups is 1. The molecule has 2 aliphatic heterocycles. The summed E-state index contributed by atoms with van der Waals surface area (Å²) in [5.41, 5.74) is 1.32. The number of piperidine rings is 1. The third-order valence-corrected chi connectivity index (χ3v) is 6.75. The fraction of sp³-hybridized carbons (Fsp3) is 0.810. The average molecular weight is 375 g/mol. The van der Waals surface area contributed by atoms with E-state index in [4.69, 9.17) is 4.74 Å². The van der Waals surface area contributed by atoms with Crippen molar-refractivity contribution in [2.75, 3.05) is 26.2 Å². The summed E-state index contributed by atoms with van der Waals surface area (Å²) in [6.07, 6.45) is 7.84. The van der Waals surface area contributed by atoms with Crippen LogP contribution in [0.5, 0.6) is 0 Å². The Balaban J connectivity index is 1.25. The van der Waals surface area contributed by atoms with E-state index in [0.717, 1.165) is 19.5 Å². The monoisotopic (exact) mass is 374 g/mol. The van der Waals surface area contributed by atoms with Crippen molar-refractivity contribution in [3.8, 4) is 0 Å². The first kappa shape index (κ1) is 18.8. The highest BCUT2D eigenvalue weighted by molar-refractivity contribution is 5.68. The molecule has 2 saturated heterocycles. The minimum atomic E-state index is -0.410. The van der Waals surface area contributed by atoms with Gasteiger partial charge in [0.2, 0.25) is 0 Å². The second-order valence-electron chi connectivity index (χ2n) is 9.90. The normalized spacial score (nSPS) is 29.9. The van der Waals surface area contributed by atoms with Crippen LogP contribution < -0.4 is 0 Å². The highest BCUT2D eigenvalue weighted by atomic mass is 16.6. The Morgan fingerprint density at radius 1 is 1.22 bits per heavy atom. The minimum absolute atomic E-state index is 0.139. The van der Waals surface area contributed by atoms with Gasteiger partial charge in [0.1, 0.15) is 5.60 Å². The molecule has 6 heteroatoms. The van der Waals surface area contributed by atoms with Crippen molar-refractivity contribution >= 4 is 6.09 Å². The van der Waals surface area contributed by atoms with E-state index in [1.54, 1.807) is 0 Å². The van der Waals surface area contributed by atoms with Crippen molar-refractivity contribution in [2.45, 2.75) is 70.4 Å². The maximum absolute atomic E-state index is 12.3. The van der Waals surface area contributed by atoms with Crippen LogP contribution in [0.2, 0.25) is 0 Å². The number of nitrogens with zero attached hydrogens (tertiary/aromatic N) is 4. The molecule has 4 rings (SSSR count). The summed E-state index contributed by atoms with van der Waals surface area (Å²) in [4.78, 5) is 16.9. The fourth-order valence-corrected chi connectivity index (χ4v) is 5.29. The van der Waals surface area contributed by atoms with Gasteiger partial charge in [-0.05, 0) is 77.4 Å². The highest BCUT2D eigenvalue weighted by Crippen LogP contribution is 2.51. The molecule has 3 aliphatic rings. The Labute approximate surface area is 162 Å². The molecule has 6 nitrogen and oxygen atoms in total. The summed E-state index contributed by atoms with van der Waals surface area (Å²) in [7, 11) is 2.05. The molecule has 150 valence electrons. The Kier molecular flexibility index (Phi) is 4.73. The van der Waals surface area contributed by atoms with Gasteiger partial charge in [-0.1, -0.05) is 0 Å². The lowest BCUT2D eigenvalue weighted by Gasteiger charge is -2.51. The van der Waals surface area contributed by atoms with Crippen molar-refractivity contribution in [2.24, 2.45) is 12.5 Å². The lowest BCUT2D eigenvalue weighted by Crippen LogP contribution is -2.54. The maximum atomic E-state index is 12.3. The van der Waals surface area contributed by atoms with E-state index in [-0.39, 0.29) is 6.09 Å². The average Bonchev–Trinajstić information content (AvgIpc) is 3.19. The molecule has 1 spiro atoms. The van der Waals surface area contributed by atoms with Gasteiger partial charge in [-0.3, -0.25) is 4.68 Å². The molecule has 27 heavy (non-hydrogen) atoms. The maximum Gasteiger partial charge on any atom is 0.410 e. The number of amides is 1. The molecule has 1 saturated carbocycles. The first-order chi connectivity index (χ1) is 12.7. The number of likely N-dealkylation sites (tertiary alicyclic amines) is 2. The fourth-order valence-electron chi connectivity index (χ4n) is 5.29. The number of carbonyl (C=O) groups excluding carboxylic acids is 1. The molecule has 0 aromatic carbocycles. The van der Waals surface area contributed by atoms with Gasteiger partial charge >= 0.3 is 6.09 Å². The molecule has 0 bridgehead atoms. The Hall–Kier alpha value is -1.56. The smallest absolute Gasteiger partial charge is 0.410 e. The van der Waals surface area contributed by atoms with Crippen LogP contribution in [0.3, 0.4) is 0 Å². The summed E-state index contributed by atoms with van der Waals surface area (Å²) < 4.78 is 7.58. The van der Waals surface area contributed by atoms with Gasteiger partial charge < -0.3 is 14.5 Å². The van der Waals surface area contributed by atoms with Gasteiger partial charge in [0.25, 0.3) is 0 Å². The van der Waals surface area contributed by atoms with Crippen LogP contribution in [0.4, 0.5) is 4.79 Å². The molecular formula is C21H34N4O2. The highest BCUT2D eigenvalue weighted by Gasteiger charge is 2.51. The van der Waals surface area contributed by atoms with Crippen LogP contribution in [0.15, 0.2) is 12.3 Å². The van der Waals surface area contributed by atoms with E-state index in [1.165, 1.54) is 44.5 Å². The topological polar surface area (TPSA) is 50.6 Å². The summed E-state index contributed by atoms with van der Waals surface area (Å²) in [6.45, 7) is 9.91. The number of rotatable bonds is 2. The largest absolute Gasteiger partial charge is 0.444 e. The van der Waals surface area contributed by atoms with Crippen LogP contribution in [0.1, 0.15) is 64.5 Å². The summed E-state index contributed by atoms with van der Waals surface area (Å²) in [5, 5.41) is 4.33. The van der Waals surface area contributed by atoms with Crippen molar-refractivity contribution < 1.29 is 9.53 Å². The molecule has 0 unspecified atom stereocenters. The van der Waals surface area contributed by atoms with Crippen LogP contribution in [0, 0.1) is 5.41 Å². The second-order valence-corrected chi connectivity index (χ2v) is 9.90. The number of hydrogen-bond donors (Lipinski definition) is 0. The minimum Gasteiger partial charge on any atom is -0.444 e. The Bertz CT molecular complexity index is 679. The lowest BCUT2D eigenvalue weighted by molar-refractivity contribution is -0.0104. The molecule has 1 aromatic rings. The predicted octanol–water partition coefficient (Wildman–Crippen LogP) is 3.39. The predicted molar refractivity (Wildman–Crippen MR) is 105 cm³/mol. The van der Waals surface area contributed by atoms with Gasteiger partial charge in [0.05, 0.1) is 0 Å². The van der Waals surface area contributed by atoms with Gasteiger partial charge in [-0.15, -0.1) is 0 Å². The number of aromatic nitrogens is 2. The number of aryl methyl sites for hydroxylation is 1. The van der Waals surface area contributed by atoms with E-state index < -0.39 is 5.60 Å². The quantitative estimate of drug-likeness (QED) is 0.796. The van der Waals surface area contributed by atoms with Gasteiger partial charge in [-0.2, -0.15) is 5.10 Å². The number of ether oxygens (including phenoxy) is 1. The molecule has 0 atom stereocenters. The van der Waals surface area contributed by atoms with Crippen LogP contribution in [-0.2, 0) is 11.8 Å². The van der Waals surface area contributed by atoms with Crippen molar-refractivity contribution in [3.63, 3.8) is 0 Å². The summed E-state index contributed by atoms with van der Waals surface area (Å²) >= 11 is 0. The first-order valence-corrected chi connectivity index (χ1v) is 10.4. The Morgan fingerprint density at radius 3 is 2.52 bits per heavy atom. The first-order valence-electron chi connectivity index (χ1n) is 10.4. The molecule has 3 fully saturated rings. The zero-order chi connectivity index (χ0) is 19.2. The molecule has 0 N–H and O–H groups in total. The van der Waals surface area contributed by atoms with E-state index in [9.17, 15) is 4.79 Å². The number of hydrogen-bond acceptors (Lipinski definition) is 4. The SMILES string of the molecule is Cn1nccc1C1CCN([C@H]2C[C@]3(CCN(C(=O)OC(C)(C)C)C3)C2)CC1. The van der Waals surface area contributed by atoms with Crippen LogP contribution >= 0.6 is 0 Å². The molecule has 3 heterocycles. The van der Waals surface area contributed by atoms with E-state index in [2.05, 4.69) is 16.1 Å². The second kappa shape index (κ2) is 6.80. The molecule has 1 amide bonds.